The molecule has 0 fully saturated rings. The molecule has 118 valence electrons. The molecule has 0 amide bonds. The molecule has 0 radical (unpaired) electrons. The van der Waals surface area contributed by atoms with Crippen LogP contribution in [0.3, 0.4) is 0 Å². The maximum Gasteiger partial charge on any atom is 0.341 e. The number of para-hydroxylation sites is 1. The van der Waals surface area contributed by atoms with E-state index >= 15 is 0 Å². The molecule has 0 aliphatic rings. The predicted molar refractivity (Wildman–Crippen MR) is 90.6 cm³/mol. The van der Waals surface area contributed by atoms with Crippen LogP contribution in [0.5, 0.6) is 0 Å². The van der Waals surface area contributed by atoms with Crippen molar-refractivity contribution in [1.82, 2.24) is 4.98 Å². The highest BCUT2D eigenvalue weighted by Gasteiger charge is 2.20. The van der Waals surface area contributed by atoms with Crippen molar-refractivity contribution in [3.8, 4) is 0 Å². The molecule has 0 spiro atoms. The van der Waals surface area contributed by atoms with E-state index in [1.807, 2.05) is 19.1 Å². The van der Waals surface area contributed by atoms with E-state index in [0.29, 0.717) is 12.2 Å². The van der Waals surface area contributed by atoms with Gasteiger partial charge in [0.2, 0.25) is 0 Å². The summed E-state index contributed by atoms with van der Waals surface area (Å²) in [5.41, 5.74) is 3.65. The van der Waals surface area contributed by atoms with Crippen LogP contribution in [0.4, 0.5) is 5.69 Å². The van der Waals surface area contributed by atoms with E-state index < -0.39 is 0 Å². The summed E-state index contributed by atoms with van der Waals surface area (Å²) in [5.74, 6) is -0.305. The third-order valence-corrected chi connectivity index (χ3v) is 3.91. The van der Waals surface area contributed by atoms with E-state index in [9.17, 15) is 4.79 Å². The molecule has 2 rings (SSSR count). The molecule has 0 aliphatic carbocycles. The number of carbonyl (C=O) groups excluding carboxylic acids is 1. The number of hydrogen-bond donors (Lipinski definition) is 0. The number of esters is 1. The fraction of sp³-hybridized carbons (Fsp3) is 0.444. The first-order chi connectivity index (χ1) is 10.7. The van der Waals surface area contributed by atoms with Gasteiger partial charge in [-0.2, -0.15) is 0 Å². The number of aryl methyl sites for hydroxylation is 1. The smallest absolute Gasteiger partial charge is 0.341 e. The first-order valence-corrected chi connectivity index (χ1v) is 8.00. The van der Waals surface area contributed by atoms with Crippen molar-refractivity contribution >= 4 is 22.6 Å². The lowest BCUT2D eigenvalue weighted by Crippen LogP contribution is -2.25. The second kappa shape index (κ2) is 7.25. The van der Waals surface area contributed by atoms with Crippen LogP contribution < -0.4 is 4.90 Å². The maximum absolute atomic E-state index is 12.3. The molecule has 2 aromatic rings. The molecule has 4 nitrogen and oxygen atoms in total. The first kappa shape index (κ1) is 16.3. The van der Waals surface area contributed by atoms with Gasteiger partial charge in [-0.05, 0) is 32.8 Å². The number of aromatic nitrogens is 1. The molecular formula is C18H24N2O2. The van der Waals surface area contributed by atoms with Crippen LogP contribution >= 0.6 is 0 Å². The van der Waals surface area contributed by atoms with Crippen molar-refractivity contribution in [2.45, 2.75) is 34.1 Å². The van der Waals surface area contributed by atoms with E-state index in [1.54, 1.807) is 6.20 Å². The Morgan fingerprint density at radius 3 is 2.50 bits per heavy atom. The van der Waals surface area contributed by atoms with Gasteiger partial charge >= 0.3 is 5.97 Å². The predicted octanol–water partition coefficient (Wildman–Crippen LogP) is 3.82. The Morgan fingerprint density at radius 1 is 1.18 bits per heavy atom. The molecule has 0 N–H and O–H groups in total. The van der Waals surface area contributed by atoms with Gasteiger partial charge < -0.3 is 9.64 Å². The van der Waals surface area contributed by atoms with Crippen molar-refractivity contribution in [2.24, 2.45) is 0 Å². The summed E-state index contributed by atoms with van der Waals surface area (Å²) in [4.78, 5) is 19.0. The average molecular weight is 300 g/mol. The minimum Gasteiger partial charge on any atom is -0.462 e. The fourth-order valence-electron chi connectivity index (χ4n) is 2.79. The lowest BCUT2D eigenvalue weighted by Gasteiger charge is -2.25. The highest BCUT2D eigenvalue weighted by molar-refractivity contribution is 6.05. The van der Waals surface area contributed by atoms with Crippen LogP contribution in [0.1, 0.15) is 43.6 Å². The SMILES string of the molecule is CCOC(=O)c1cnc2c(CC)cccc2c1N(CC)CC. The molecule has 4 heteroatoms. The quantitative estimate of drug-likeness (QED) is 0.761. The monoisotopic (exact) mass is 300 g/mol. The Hall–Kier alpha value is -2.10. The fourth-order valence-corrected chi connectivity index (χ4v) is 2.79. The van der Waals surface area contributed by atoms with Crippen LogP contribution in [0.15, 0.2) is 24.4 Å². The van der Waals surface area contributed by atoms with Crippen molar-refractivity contribution in [1.29, 1.82) is 0 Å². The van der Waals surface area contributed by atoms with Crippen molar-refractivity contribution in [3.05, 3.63) is 35.5 Å². The summed E-state index contributed by atoms with van der Waals surface area (Å²) in [6.07, 6.45) is 2.58. The number of ether oxygens (including phenoxy) is 1. The molecule has 0 unspecified atom stereocenters. The number of pyridine rings is 1. The number of benzene rings is 1. The zero-order chi connectivity index (χ0) is 16.1. The van der Waals surface area contributed by atoms with Gasteiger partial charge in [-0.1, -0.05) is 25.1 Å². The van der Waals surface area contributed by atoms with Crippen molar-refractivity contribution in [3.63, 3.8) is 0 Å². The van der Waals surface area contributed by atoms with Crippen LogP contribution in [0.25, 0.3) is 10.9 Å². The Kier molecular flexibility index (Phi) is 5.36. The van der Waals surface area contributed by atoms with Gasteiger partial charge in [0.15, 0.2) is 0 Å². The van der Waals surface area contributed by atoms with Gasteiger partial charge in [-0.15, -0.1) is 0 Å². The Bertz CT molecular complexity index is 663. The number of rotatable bonds is 6. The summed E-state index contributed by atoms with van der Waals surface area (Å²) >= 11 is 0. The molecule has 0 saturated carbocycles. The second-order valence-corrected chi connectivity index (χ2v) is 5.08. The van der Waals surface area contributed by atoms with Crippen molar-refractivity contribution < 1.29 is 9.53 Å². The van der Waals surface area contributed by atoms with Gasteiger partial charge in [0, 0.05) is 24.7 Å². The molecule has 1 aromatic heterocycles. The summed E-state index contributed by atoms with van der Waals surface area (Å²) in [7, 11) is 0. The highest BCUT2D eigenvalue weighted by Crippen LogP contribution is 2.31. The third-order valence-electron chi connectivity index (χ3n) is 3.91. The minimum absolute atomic E-state index is 0.305. The molecular weight excluding hydrogens is 276 g/mol. The number of carbonyl (C=O) groups is 1. The van der Waals surface area contributed by atoms with Gasteiger partial charge in [-0.3, -0.25) is 4.98 Å². The average Bonchev–Trinajstić information content (AvgIpc) is 2.55. The third kappa shape index (κ3) is 2.91. The topological polar surface area (TPSA) is 42.4 Å². The number of nitrogens with zero attached hydrogens (tertiary/aromatic N) is 2. The lowest BCUT2D eigenvalue weighted by atomic mass is 10.0. The molecule has 0 saturated heterocycles. The van der Waals surface area contributed by atoms with E-state index in [0.717, 1.165) is 36.1 Å². The molecule has 1 aromatic carbocycles. The lowest BCUT2D eigenvalue weighted by molar-refractivity contribution is 0.0527. The highest BCUT2D eigenvalue weighted by atomic mass is 16.5. The largest absolute Gasteiger partial charge is 0.462 e. The summed E-state index contributed by atoms with van der Waals surface area (Å²) in [5, 5.41) is 1.02. The summed E-state index contributed by atoms with van der Waals surface area (Å²) < 4.78 is 5.21. The first-order valence-electron chi connectivity index (χ1n) is 8.00. The molecule has 1 heterocycles. The van der Waals surface area contributed by atoms with E-state index in [4.69, 9.17) is 4.74 Å². The van der Waals surface area contributed by atoms with Gasteiger partial charge in [0.05, 0.1) is 17.8 Å². The minimum atomic E-state index is -0.305. The van der Waals surface area contributed by atoms with Gasteiger partial charge in [-0.25, -0.2) is 4.79 Å². The van der Waals surface area contributed by atoms with E-state index in [-0.39, 0.29) is 5.97 Å². The van der Waals surface area contributed by atoms with E-state index in [2.05, 4.69) is 36.7 Å². The number of hydrogen-bond acceptors (Lipinski definition) is 4. The normalized spacial score (nSPS) is 10.7. The van der Waals surface area contributed by atoms with Crippen LogP contribution in [0.2, 0.25) is 0 Å². The summed E-state index contributed by atoms with van der Waals surface area (Å²) in [6.45, 7) is 10.1. The van der Waals surface area contributed by atoms with Gasteiger partial charge in [0.25, 0.3) is 0 Å². The molecule has 0 atom stereocenters. The molecule has 0 bridgehead atoms. The van der Waals surface area contributed by atoms with Crippen LogP contribution in [0, 0.1) is 0 Å². The van der Waals surface area contributed by atoms with Crippen LogP contribution in [-0.4, -0.2) is 30.6 Å². The van der Waals surface area contributed by atoms with Gasteiger partial charge in [0.1, 0.15) is 5.56 Å². The Labute approximate surface area is 132 Å². The Morgan fingerprint density at radius 2 is 1.91 bits per heavy atom. The molecule has 22 heavy (non-hydrogen) atoms. The second-order valence-electron chi connectivity index (χ2n) is 5.08. The van der Waals surface area contributed by atoms with Crippen LogP contribution in [-0.2, 0) is 11.2 Å². The maximum atomic E-state index is 12.3. The zero-order valence-electron chi connectivity index (χ0n) is 13.8. The molecule has 0 aliphatic heterocycles. The number of fused-ring (bicyclic) bond motifs is 1. The number of anilines is 1. The summed E-state index contributed by atoms with van der Waals surface area (Å²) in [6, 6.07) is 6.16. The Balaban J connectivity index is 2.75. The van der Waals surface area contributed by atoms with E-state index in [1.165, 1.54) is 5.56 Å². The standard InChI is InChI=1S/C18H24N2O2/c1-5-13-10-9-11-14-16(13)19-12-15(18(21)22-8-4)17(14)20(6-2)7-3/h9-12H,5-8H2,1-4H3. The van der Waals surface area contributed by atoms with Crippen molar-refractivity contribution in [2.75, 3.05) is 24.6 Å². The zero-order valence-corrected chi connectivity index (χ0v) is 13.8.